The van der Waals surface area contributed by atoms with Crippen LogP contribution in [-0.4, -0.2) is 49.3 Å². The summed E-state index contributed by atoms with van der Waals surface area (Å²) in [5, 5.41) is 29.0. The zero-order valence-electron chi connectivity index (χ0n) is 22.3. The van der Waals surface area contributed by atoms with E-state index in [0.717, 1.165) is 33.6 Å². The summed E-state index contributed by atoms with van der Waals surface area (Å²) in [5.74, 6) is 0.144. The molecule has 2 aromatic carbocycles. The van der Waals surface area contributed by atoms with Crippen LogP contribution in [-0.2, 0) is 6.42 Å². The van der Waals surface area contributed by atoms with Gasteiger partial charge in [0.2, 0.25) is 0 Å². The molecule has 0 saturated carbocycles. The van der Waals surface area contributed by atoms with Gasteiger partial charge >= 0.3 is 0 Å². The van der Waals surface area contributed by atoms with Crippen molar-refractivity contribution in [3.8, 4) is 34.2 Å². The Bertz CT molecular complexity index is 1650. The van der Waals surface area contributed by atoms with Gasteiger partial charge in [0.15, 0.2) is 0 Å². The topological polar surface area (TPSA) is 128 Å². The van der Waals surface area contributed by atoms with Crippen LogP contribution in [0.15, 0.2) is 79.4 Å². The molecular formula is C31H30N6O3. The number of H-pyrrole nitrogens is 1. The van der Waals surface area contributed by atoms with Gasteiger partial charge in [-0.3, -0.25) is 9.89 Å². The zero-order valence-corrected chi connectivity index (χ0v) is 22.3. The molecule has 3 N–H and O–H groups in total. The first-order valence-electron chi connectivity index (χ1n) is 13.1. The smallest absolute Gasteiger partial charge is 0.251 e. The number of nitrogens with one attached hydrogen (secondary N) is 2. The number of carbonyl (C=O) groups is 1. The molecule has 0 fully saturated rings. The van der Waals surface area contributed by atoms with E-state index in [1.165, 1.54) is 6.07 Å². The van der Waals surface area contributed by atoms with Crippen molar-refractivity contribution in [1.29, 1.82) is 5.26 Å². The van der Waals surface area contributed by atoms with Gasteiger partial charge in [-0.2, -0.15) is 10.4 Å². The third-order valence-electron chi connectivity index (χ3n) is 6.56. The third-order valence-corrected chi connectivity index (χ3v) is 6.56. The van der Waals surface area contributed by atoms with Crippen LogP contribution in [0.3, 0.4) is 0 Å². The molecule has 0 unspecified atom stereocenters. The molecule has 0 aliphatic carbocycles. The molecule has 3 aromatic heterocycles. The van der Waals surface area contributed by atoms with Crippen molar-refractivity contribution in [3.63, 3.8) is 0 Å². The van der Waals surface area contributed by atoms with Crippen molar-refractivity contribution in [2.75, 3.05) is 6.61 Å². The van der Waals surface area contributed by atoms with Gasteiger partial charge in [-0.05, 0) is 62.6 Å². The van der Waals surface area contributed by atoms with Crippen LogP contribution < -0.4 is 10.1 Å². The molecule has 0 aliphatic heterocycles. The highest BCUT2D eigenvalue weighted by atomic mass is 16.5. The number of hydrogen-bond acceptors (Lipinski definition) is 6. The lowest BCUT2D eigenvalue weighted by Gasteiger charge is -2.19. The molecule has 0 aliphatic rings. The number of benzene rings is 2. The summed E-state index contributed by atoms with van der Waals surface area (Å²) in [6.07, 6.45) is 8.45. The number of nitriles is 1. The second-order valence-corrected chi connectivity index (χ2v) is 9.84. The first kappa shape index (κ1) is 26.7. The number of carbonyl (C=O) groups excluding carboxylic acids is 1. The van der Waals surface area contributed by atoms with E-state index < -0.39 is 0 Å². The van der Waals surface area contributed by atoms with Crippen molar-refractivity contribution in [2.45, 2.75) is 38.8 Å². The Morgan fingerprint density at radius 3 is 2.70 bits per heavy atom. The molecule has 3 heterocycles. The standard InChI is InChI=1S/C31H30N6O3/c1-20(2)40-29-10-9-23(15-24(29)16-32)31(39)35-26(11-13-38)14-21-5-7-22(8-6-21)28-19-37-12-3-4-27(30(37)36-28)25-17-33-34-18-25/h3-10,12,15,17-20,26,38H,11,13-14H2,1-2H3,(H,33,34)(H,35,39)/t26-/m1/s1. The van der Waals surface area contributed by atoms with Crippen molar-refractivity contribution in [2.24, 2.45) is 0 Å². The fraction of sp³-hybridized carbons (Fsp3) is 0.226. The second-order valence-electron chi connectivity index (χ2n) is 9.84. The third kappa shape index (κ3) is 5.87. The van der Waals surface area contributed by atoms with E-state index in [2.05, 4.69) is 21.6 Å². The van der Waals surface area contributed by atoms with Gasteiger partial charge in [0, 0.05) is 53.5 Å². The van der Waals surface area contributed by atoms with E-state index in [-0.39, 0.29) is 24.7 Å². The maximum atomic E-state index is 13.0. The minimum absolute atomic E-state index is 0.0616. The van der Waals surface area contributed by atoms with Gasteiger partial charge in [-0.1, -0.05) is 24.3 Å². The largest absolute Gasteiger partial charge is 0.490 e. The van der Waals surface area contributed by atoms with Crippen LogP contribution in [0.4, 0.5) is 0 Å². The molecule has 0 spiro atoms. The molecule has 202 valence electrons. The van der Waals surface area contributed by atoms with E-state index in [0.29, 0.717) is 29.7 Å². The Balaban J connectivity index is 1.30. The number of rotatable bonds is 10. The minimum Gasteiger partial charge on any atom is -0.490 e. The summed E-state index contributed by atoms with van der Waals surface area (Å²) in [6.45, 7) is 3.70. The monoisotopic (exact) mass is 534 g/mol. The van der Waals surface area contributed by atoms with E-state index in [1.54, 1.807) is 18.3 Å². The lowest BCUT2D eigenvalue weighted by Crippen LogP contribution is -2.37. The van der Waals surface area contributed by atoms with E-state index in [4.69, 9.17) is 9.72 Å². The normalized spacial score (nSPS) is 11.9. The molecule has 0 saturated heterocycles. The van der Waals surface area contributed by atoms with Crippen molar-refractivity contribution >= 4 is 11.6 Å². The Labute approximate surface area is 232 Å². The maximum Gasteiger partial charge on any atom is 0.251 e. The van der Waals surface area contributed by atoms with Gasteiger partial charge < -0.3 is 19.6 Å². The molecule has 0 radical (unpaired) electrons. The van der Waals surface area contributed by atoms with E-state index >= 15 is 0 Å². The number of amides is 1. The second kappa shape index (κ2) is 11.8. The number of ether oxygens (including phenoxy) is 1. The first-order chi connectivity index (χ1) is 19.4. The van der Waals surface area contributed by atoms with Gasteiger partial charge in [0.05, 0.1) is 23.6 Å². The van der Waals surface area contributed by atoms with Crippen LogP contribution in [0.1, 0.15) is 41.8 Å². The summed E-state index contributed by atoms with van der Waals surface area (Å²) in [6, 6.07) is 18.7. The van der Waals surface area contributed by atoms with Gasteiger partial charge in [0.25, 0.3) is 5.91 Å². The summed E-state index contributed by atoms with van der Waals surface area (Å²) in [5.41, 5.74) is 6.32. The quantitative estimate of drug-likeness (QED) is 0.237. The number of imidazole rings is 1. The number of aliphatic hydroxyl groups is 1. The van der Waals surface area contributed by atoms with Crippen molar-refractivity contribution in [1.82, 2.24) is 24.9 Å². The highest BCUT2D eigenvalue weighted by Crippen LogP contribution is 2.27. The number of hydrogen-bond donors (Lipinski definition) is 3. The number of fused-ring (bicyclic) bond motifs is 1. The molecule has 0 bridgehead atoms. The van der Waals surface area contributed by atoms with E-state index in [1.807, 2.05) is 73.2 Å². The van der Waals surface area contributed by atoms with Gasteiger partial charge in [-0.15, -0.1) is 0 Å². The predicted octanol–water partition coefficient (Wildman–Crippen LogP) is 4.77. The van der Waals surface area contributed by atoms with Crippen LogP contribution in [0.5, 0.6) is 5.75 Å². The molecule has 5 aromatic rings. The number of aromatic nitrogens is 4. The summed E-state index contributed by atoms with van der Waals surface area (Å²) in [7, 11) is 0. The van der Waals surface area contributed by atoms with Crippen LogP contribution in [0.25, 0.3) is 28.0 Å². The Kier molecular flexibility index (Phi) is 7.89. The Hall–Kier alpha value is -4.94. The fourth-order valence-corrected chi connectivity index (χ4v) is 4.64. The van der Waals surface area contributed by atoms with Gasteiger partial charge in [0.1, 0.15) is 17.5 Å². The molecule has 40 heavy (non-hydrogen) atoms. The van der Waals surface area contributed by atoms with Crippen LogP contribution >= 0.6 is 0 Å². The average Bonchev–Trinajstić information content (AvgIpc) is 3.64. The Morgan fingerprint density at radius 2 is 2.00 bits per heavy atom. The molecule has 1 atom stereocenters. The Morgan fingerprint density at radius 1 is 1.18 bits per heavy atom. The van der Waals surface area contributed by atoms with E-state index in [9.17, 15) is 15.2 Å². The lowest BCUT2D eigenvalue weighted by molar-refractivity contribution is 0.0930. The number of nitrogens with zero attached hydrogens (tertiary/aromatic N) is 4. The molecular weight excluding hydrogens is 504 g/mol. The summed E-state index contributed by atoms with van der Waals surface area (Å²) >= 11 is 0. The molecule has 5 rings (SSSR count). The van der Waals surface area contributed by atoms with Crippen molar-refractivity contribution in [3.05, 3.63) is 96.1 Å². The number of aromatic amines is 1. The first-order valence-corrected chi connectivity index (χ1v) is 13.1. The SMILES string of the molecule is CC(C)Oc1ccc(C(=O)N[C@H](CCO)Cc2ccc(-c3cn4cccc(-c5cn[nH]c5)c4n3)cc2)cc1C#N. The summed E-state index contributed by atoms with van der Waals surface area (Å²) in [4.78, 5) is 17.9. The minimum atomic E-state index is -0.305. The average molecular weight is 535 g/mol. The molecule has 9 nitrogen and oxygen atoms in total. The highest BCUT2D eigenvalue weighted by Gasteiger charge is 2.17. The maximum absolute atomic E-state index is 13.0. The number of aliphatic hydroxyl groups excluding tert-OH is 1. The predicted molar refractivity (Wildman–Crippen MR) is 152 cm³/mol. The fourth-order valence-electron chi connectivity index (χ4n) is 4.64. The van der Waals surface area contributed by atoms with Crippen molar-refractivity contribution < 1.29 is 14.6 Å². The van der Waals surface area contributed by atoms with Crippen LogP contribution in [0, 0.1) is 11.3 Å². The molecule has 9 heteroatoms. The lowest BCUT2D eigenvalue weighted by atomic mass is 10.0. The number of pyridine rings is 1. The highest BCUT2D eigenvalue weighted by molar-refractivity contribution is 5.95. The summed E-state index contributed by atoms with van der Waals surface area (Å²) < 4.78 is 7.65. The van der Waals surface area contributed by atoms with Gasteiger partial charge in [-0.25, -0.2) is 4.98 Å². The van der Waals surface area contributed by atoms with Crippen LogP contribution in [0.2, 0.25) is 0 Å². The zero-order chi connectivity index (χ0) is 28.1. The molecule has 1 amide bonds.